The Morgan fingerprint density at radius 2 is 1.73 bits per heavy atom. The number of rotatable bonds is 10. The van der Waals surface area contributed by atoms with Crippen LogP contribution in [0.15, 0.2) is 0 Å². The number of ether oxygens (including phenoxy) is 2. The van der Waals surface area contributed by atoms with Crippen molar-refractivity contribution in [3.8, 4) is 0 Å². The van der Waals surface area contributed by atoms with E-state index in [9.17, 15) is 9.59 Å². The normalized spacial score (nSPS) is 10.3. The fourth-order valence-corrected chi connectivity index (χ4v) is 1.06. The summed E-state index contributed by atoms with van der Waals surface area (Å²) in [7, 11) is 1.62. The van der Waals surface area contributed by atoms with Crippen LogP contribution in [0.2, 0.25) is 0 Å². The zero-order valence-corrected chi connectivity index (χ0v) is 9.58. The van der Waals surface area contributed by atoms with Gasteiger partial charge in [0.15, 0.2) is 0 Å². The lowest BCUT2D eigenvalue weighted by atomic mass is 10.1. The number of carbonyl (C=O) groups excluding carboxylic acids is 2. The van der Waals surface area contributed by atoms with E-state index in [-0.39, 0.29) is 11.6 Å². The second kappa shape index (κ2) is 9.80. The molecule has 4 heteroatoms. The zero-order valence-electron chi connectivity index (χ0n) is 9.58. The topological polar surface area (TPSA) is 52.6 Å². The summed E-state index contributed by atoms with van der Waals surface area (Å²) in [6, 6.07) is 0. The monoisotopic (exact) mass is 216 g/mol. The van der Waals surface area contributed by atoms with Crippen molar-refractivity contribution >= 4 is 11.6 Å². The van der Waals surface area contributed by atoms with Gasteiger partial charge >= 0.3 is 0 Å². The summed E-state index contributed by atoms with van der Waals surface area (Å²) >= 11 is 0. The molecule has 0 bridgehead atoms. The number of hydrogen-bond donors (Lipinski definition) is 0. The molecule has 0 N–H and O–H groups in total. The molecule has 0 unspecified atom stereocenters. The quantitative estimate of drug-likeness (QED) is 0.517. The van der Waals surface area contributed by atoms with Gasteiger partial charge in [0.1, 0.15) is 11.6 Å². The minimum Gasteiger partial charge on any atom is -0.382 e. The molecule has 0 amide bonds. The van der Waals surface area contributed by atoms with Gasteiger partial charge in [-0.3, -0.25) is 4.79 Å². The largest absolute Gasteiger partial charge is 0.382 e. The van der Waals surface area contributed by atoms with Crippen molar-refractivity contribution in [1.29, 1.82) is 0 Å². The van der Waals surface area contributed by atoms with Crippen LogP contribution in [0.1, 0.15) is 32.6 Å². The number of hydrogen-bond acceptors (Lipinski definition) is 4. The Morgan fingerprint density at radius 3 is 2.33 bits per heavy atom. The second-order valence-electron chi connectivity index (χ2n) is 3.45. The summed E-state index contributed by atoms with van der Waals surface area (Å²) in [5.74, 6) is 0.209. The van der Waals surface area contributed by atoms with Gasteiger partial charge in [-0.1, -0.05) is 0 Å². The summed E-state index contributed by atoms with van der Waals surface area (Å²) in [5, 5.41) is 0. The molecule has 0 spiro atoms. The molecule has 0 saturated carbocycles. The average molecular weight is 216 g/mol. The maximum Gasteiger partial charge on any atom is 0.133 e. The van der Waals surface area contributed by atoms with Crippen LogP contribution >= 0.6 is 0 Å². The van der Waals surface area contributed by atoms with Crippen LogP contribution in [0.4, 0.5) is 0 Å². The van der Waals surface area contributed by atoms with Gasteiger partial charge in [0.25, 0.3) is 0 Å². The molecule has 0 rings (SSSR count). The van der Waals surface area contributed by atoms with Crippen LogP contribution < -0.4 is 0 Å². The van der Waals surface area contributed by atoms with Crippen molar-refractivity contribution in [3.05, 3.63) is 0 Å². The highest BCUT2D eigenvalue weighted by molar-refractivity contribution is 5.84. The molecule has 0 aliphatic carbocycles. The first kappa shape index (κ1) is 14.3. The Hall–Kier alpha value is -0.740. The molecule has 0 fully saturated rings. The maximum atomic E-state index is 11.2. The number of methoxy groups -OCH3 is 1. The molecule has 0 aromatic carbocycles. The lowest BCUT2D eigenvalue weighted by Crippen LogP contribution is -2.06. The van der Waals surface area contributed by atoms with Crippen LogP contribution in [-0.2, 0) is 19.1 Å². The third-order valence-electron chi connectivity index (χ3n) is 1.93. The standard InChI is InChI=1S/C11H20O4/c1-10(12)5-6-11(13)4-3-7-15-9-8-14-2/h3-9H2,1-2H3. The molecule has 0 heterocycles. The minimum absolute atomic E-state index is 0.0692. The van der Waals surface area contributed by atoms with Crippen LogP contribution in [0.25, 0.3) is 0 Å². The molecule has 0 atom stereocenters. The van der Waals surface area contributed by atoms with E-state index < -0.39 is 0 Å². The van der Waals surface area contributed by atoms with Crippen molar-refractivity contribution in [2.24, 2.45) is 0 Å². The molecular formula is C11H20O4. The molecule has 0 radical (unpaired) electrons. The van der Waals surface area contributed by atoms with Crippen LogP contribution in [0.5, 0.6) is 0 Å². The van der Waals surface area contributed by atoms with Crippen molar-refractivity contribution in [3.63, 3.8) is 0 Å². The van der Waals surface area contributed by atoms with Gasteiger partial charge in [-0.25, -0.2) is 0 Å². The summed E-state index contributed by atoms with van der Waals surface area (Å²) in [6.07, 6.45) is 1.96. The minimum atomic E-state index is 0.0692. The number of carbonyl (C=O) groups is 2. The predicted molar refractivity (Wildman–Crippen MR) is 56.9 cm³/mol. The van der Waals surface area contributed by atoms with E-state index in [1.54, 1.807) is 7.11 Å². The van der Waals surface area contributed by atoms with Crippen molar-refractivity contribution in [1.82, 2.24) is 0 Å². The first-order valence-corrected chi connectivity index (χ1v) is 5.24. The molecule has 0 aliphatic heterocycles. The molecule has 88 valence electrons. The zero-order chi connectivity index (χ0) is 11.5. The summed E-state index contributed by atoms with van der Waals surface area (Å²) in [5.41, 5.74) is 0. The van der Waals surface area contributed by atoms with E-state index in [2.05, 4.69) is 0 Å². The smallest absolute Gasteiger partial charge is 0.133 e. The van der Waals surface area contributed by atoms with Gasteiger partial charge in [-0.15, -0.1) is 0 Å². The third-order valence-corrected chi connectivity index (χ3v) is 1.93. The highest BCUT2D eigenvalue weighted by Crippen LogP contribution is 1.99. The van der Waals surface area contributed by atoms with Gasteiger partial charge in [0.05, 0.1) is 13.2 Å². The van der Waals surface area contributed by atoms with E-state index in [1.165, 1.54) is 6.92 Å². The van der Waals surface area contributed by atoms with Gasteiger partial charge in [0.2, 0.25) is 0 Å². The fraction of sp³-hybridized carbons (Fsp3) is 0.818. The van der Waals surface area contributed by atoms with E-state index in [4.69, 9.17) is 9.47 Å². The van der Waals surface area contributed by atoms with E-state index in [0.717, 1.165) is 6.42 Å². The lowest BCUT2D eigenvalue weighted by Gasteiger charge is -2.02. The number of ketones is 2. The maximum absolute atomic E-state index is 11.2. The molecule has 0 aromatic rings. The highest BCUT2D eigenvalue weighted by atomic mass is 16.5. The predicted octanol–water partition coefficient (Wildman–Crippen LogP) is 1.37. The van der Waals surface area contributed by atoms with Gasteiger partial charge in [-0.2, -0.15) is 0 Å². The SMILES string of the molecule is COCCOCCCC(=O)CCC(C)=O. The molecule has 0 saturated heterocycles. The highest BCUT2D eigenvalue weighted by Gasteiger charge is 2.03. The van der Waals surface area contributed by atoms with E-state index in [1.807, 2.05) is 0 Å². The lowest BCUT2D eigenvalue weighted by molar-refractivity contribution is -0.123. The summed E-state index contributed by atoms with van der Waals surface area (Å²) in [4.78, 5) is 21.8. The van der Waals surface area contributed by atoms with Gasteiger partial charge in [-0.05, 0) is 13.3 Å². The fourth-order valence-electron chi connectivity index (χ4n) is 1.06. The molecule has 4 nitrogen and oxygen atoms in total. The van der Waals surface area contributed by atoms with Crippen LogP contribution in [0, 0.1) is 0 Å². The second-order valence-corrected chi connectivity index (χ2v) is 3.45. The first-order chi connectivity index (χ1) is 7.16. The molecule has 0 aliphatic rings. The van der Waals surface area contributed by atoms with Crippen LogP contribution in [0.3, 0.4) is 0 Å². The third kappa shape index (κ3) is 11.2. The van der Waals surface area contributed by atoms with Crippen molar-refractivity contribution in [2.75, 3.05) is 26.9 Å². The van der Waals surface area contributed by atoms with Crippen molar-refractivity contribution < 1.29 is 19.1 Å². The first-order valence-electron chi connectivity index (χ1n) is 5.24. The average Bonchev–Trinajstić information content (AvgIpc) is 2.20. The molecule has 0 aromatic heterocycles. The number of Topliss-reactive ketones (excluding diaryl/α,β-unsaturated/α-hetero) is 2. The molecular weight excluding hydrogens is 196 g/mol. The Labute approximate surface area is 90.9 Å². The summed E-state index contributed by atoms with van der Waals surface area (Å²) in [6.45, 7) is 3.23. The Morgan fingerprint density at radius 1 is 1.00 bits per heavy atom. The Balaban J connectivity index is 3.20. The van der Waals surface area contributed by atoms with Crippen molar-refractivity contribution in [2.45, 2.75) is 32.6 Å². The van der Waals surface area contributed by atoms with Gasteiger partial charge in [0, 0.05) is 33.0 Å². The Kier molecular flexibility index (Phi) is 9.32. The Bertz CT molecular complexity index is 189. The van der Waals surface area contributed by atoms with E-state index >= 15 is 0 Å². The van der Waals surface area contributed by atoms with Gasteiger partial charge < -0.3 is 14.3 Å². The molecule has 15 heavy (non-hydrogen) atoms. The summed E-state index contributed by atoms with van der Waals surface area (Å²) < 4.78 is 10.0. The van der Waals surface area contributed by atoms with Crippen LogP contribution in [-0.4, -0.2) is 38.5 Å². The van der Waals surface area contributed by atoms with E-state index in [0.29, 0.717) is 39.1 Å².